The third kappa shape index (κ3) is 4.20. The quantitative estimate of drug-likeness (QED) is 0.923. The Balaban J connectivity index is 1.56. The topological polar surface area (TPSA) is 50.2 Å². The summed E-state index contributed by atoms with van der Waals surface area (Å²) in [4.78, 5) is 14.9. The SMILES string of the molecule is CCn1cc(NC(=O)C2CCCN(Cc3ccccc3)C2)cn1. The zero-order chi connectivity index (χ0) is 16.1. The molecule has 0 spiro atoms. The molecule has 1 aliphatic heterocycles. The van der Waals surface area contributed by atoms with E-state index >= 15 is 0 Å². The van der Waals surface area contributed by atoms with Crippen LogP contribution in [-0.2, 0) is 17.9 Å². The zero-order valence-corrected chi connectivity index (χ0v) is 13.6. The summed E-state index contributed by atoms with van der Waals surface area (Å²) < 4.78 is 1.82. The molecule has 1 N–H and O–H groups in total. The van der Waals surface area contributed by atoms with Gasteiger partial charge in [-0.2, -0.15) is 5.10 Å². The van der Waals surface area contributed by atoms with Crippen LogP contribution in [0, 0.1) is 5.92 Å². The molecule has 0 radical (unpaired) electrons. The highest BCUT2D eigenvalue weighted by Gasteiger charge is 2.26. The number of rotatable bonds is 5. The molecule has 5 nitrogen and oxygen atoms in total. The zero-order valence-electron chi connectivity index (χ0n) is 13.6. The van der Waals surface area contributed by atoms with Gasteiger partial charge in [-0.3, -0.25) is 14.4 Å². The van der Waals surface area contributed by atoms with Crippen LogP contribution in [0.1, 0.15) is 25.3 Å². The number of amides is 1. The molecular formula is C18H24N4O. The predicted octanol–water partition coefficient (Wildman–Crippen LogP) is 2.75. The minimum atomic E-state index is 0.0532. The number of aryl methyl sites for hydroxylation is 1. The predicted molar refractivity (Wildman–Crippen MR) is 91.0 cm³/mol. The Morgan fingerprint density at radius 3 is 2.91 bits per heavy atom. The van der Waals surface area contributed by atoms with Crippen molar-refractivity contribution in [3.63, 3.8) is 0 Å². The highest BCUT2D eigenvalue weighted by Crippen LogP contribution is 2.20. The second-order valence-corrected chi connectivity index (χ2v) is 6.13. The maximum atomic E-state index is 12.5. The lowest BCUT2D eigenvalue weighted by molar-refractivity contribution is -0.121. The van der Waals surface area contributed by atoms with Crippen LogP contribution in [-0.4, -0.2) is 33.7 Å². The molecule has 0 saturated carbocycles. The summed E-state index contributed by atoms with van der Waals surface area (Å²) in [6.45, 7) is 5.64. The number of hydrogen-bond acceptors (Lipinski definition) is 3. The Hall–Kier alpha value is -2.14. The minimum Gasteiger partial charge on any atom is -0.323 e. The Labute approximate surface area is 137 Å². The van der Waals surface area contributed by atoms with Crippen LogP contribution in [0.3, 0.4) is 0 Å². The summed E-state index contributed by atoms with van der Waals surface area (Å²) in [6, 6.07) is 10.4. The second kappa shape index (κ2) is 7.42. The van der Waals surface area contributed by atoms with E-state index in [4.69, 9.17) is 0 Å². The Morgan fingerprint density at radius 1 is 1.35 bits per heavy atom. The lowest BCUT2D eigenvalue weighted by Gasteiger charge is -2.31. The number of benzene rings is 1. The molecule has 1 fully saturated rings. The van der Waals surface area contributed by atoms with Crippen molar-refractivity contribution >= 4 is 11.6 Å². The molecule has 2 aromatic rings. The summed E-state index contributed by atoms with van der Waals surface area (Å²) >= 11 is 0. The monoisotopic (exact) mass is 312 g/mol. The number of anilines is 1. The molecule has 1 aliphatic rings. The van der Waals surface area contributed by atoms with E-state index < -0.39 is 0 Å². The lowest BCUT2D eigenvalue weighted by atomic mass is 9.96. The van der Waals surface area contributed by atoms with Crippen molar-refractivity contribution < 1.29 is 4.79 Å². The van der Waals surface area contributed by atoms with Crippen molar-refractivity contribution in [3.05, 3.63) is 48.3 Å². The van der Waals surface area contributed by atoms with Crippen molar-refractivity contribution in [2.24, 2.45) is 5.92 Å². The average molecular weight is 312 g/mol. The number of carbonyl (C=O) groups is 1. The number of carbonyl (C=O) groups excluding carboxylic acids is 1. The second-order valence-electron chi connectivity index (χ2n) is 6.13. The Morgan fingerprint density at radius 2 is 2.17 bits per heavy atom. The van der Waals surface area contributed by atoms with Gasteiger partial charge in [-0.25, -0.2) is 0 Å². The normalized spacial score (nSPS) is 18.7. The van der Waals surface area contributed by atoms with Crippen molar-refractivity contribution in [1.82, 2.24) is 14.7 Å². The minimum absolute atomic E-state index is 0.0532. The van der Waals surface area contributed by atoms with Crippen molar-refractivity contribution in [2.75, 3.05) is 18.4 Å². The molecule has 3 rings (SSSR count). The standard InChI is InChI=1S/C18H24N4O/c1-2-22-14-17(11-19-22)20-18(23)16-9-6-10-21(13-16)12-15-7-4-3-5-8-15/h3-5,7-8,11,14,16H,2,6,9-10,12-13H2,1H3,(H,20,23). The summed E-state index contributed by atoms with van der Waals surface area (Å²) in [5.41, 5.74) is 2.09. The van der Waals surface area contributed by atoms with Crippen molar-refractivity contribution in [2.45, 2.75) is 32.9 Å². The van der Waals surface area contributed by atoms with E-state index in [0.717, 1.165) is 44.7 Å². The first-order valence-corrected chi connectivity index (χ1v) is 8.34. The summed E-state index contributed by atoms with van der Waals surface area (Å²) in [5.74, 6) is 0.163. The fraction of sp³-hybridized carbons (Fsp3) is 0.444. The number of piperidine rings is 1. The maximum Gasteiger partial charge on any atom is 0.228 e. The van der Waals surface area contributed by atoms with E-state index in [0.29, 0.717) is 0 Å². The highest BCUT2D eigenvalue weighted by molar-refractivity contribution is 5.92. The molecule has 0 aliphatic carbocycles. The van der Waals surface area contributed by atoms with Gasteiger partial charge in [-0.1, -0.05) is 30.3 Å². The largest absolute Gasteiger partial charge is 0.323 e. The van der Waals surface area contributed by atoms with Crippen molar-refractivity contribution in [3.8, 4) is 0 Å². The molecule has 1 aromatic heterocycles. The number of hydrogen-bond donors (Lipinski definition) is 1. The number of aromatic nitrogens is 2. The maximum absolute atomic E-state index is 12.5. The molecule has 2 heterocycles. The number of nitrogens with one attached hydrogen (secondary N) is 1. The third-order valence-electron chi connectivity index (χ3n) is 4.35. The van der Waals surface area contributed by atoms with Gasteiger partial charge in [0.15, 0.2) is 0 Å². The van der Waals surface area contributed by atoms with E-state index in [1.165, 1.54) is 5.56 Å². The van der Waals surface area contributed by atoms with Crippen LogP contribution in [0.5, 0.6) is 0 Å². The van der Waals surface area contributed by atoms with Gasteiger partial charge in [0, 0.05) is 25.8 Å². The summed E-state index contributed by atoms with van der Waals surface area (Å²) in [5, 5.41) is 7.20. The molecule has 0 bridgehead atoms. The van der Waals surface area contributed by atoms with Gasteiger partial charge in [-0.15, -0.1) is 0 Å². The van der Waals surface area contributed by atoms with E-state index in [1.54, 1.807) is 6.20 Å². The fourth-order valence-electron chi connectivity index (χ4n) is 3.10. The fourth-order valence-corrected chi connectivity index (χ4v) is 3.10. The first-order chi connectivity index (χ1) is 11.2. The molecule has 1 atom stereocenters. The van der Waals surface area contributed by atoms with Gasteiger partial charge in [0.1, 0.15) is 0 Å². The first kappa shape index (κ1) is 15.7. The molecule has 122 valence electrons. The van der Waals surface area contributed by atoms with E-state index in [-0.39, 0.29) is 11.8 Å². The highest BCUT2D eigenvalue weighted by atomic mass is 16.1. The van der Waals surface area contributed by atoms with Gasteiger partial charge in [-0.05, 0) is 31.9 Å². The molecule has 1 aromatic carbocycles. The van der Waals surface area contributed by atoms with Crippen LogP contribution >= 0.6 is 0 Å². The van der Waals surface area contributed by atoms with Crippen LogP contribution in [0.4, 0.5) is 5.69 Å². The van der Waals surface area contributed by atoms with Crippen molar-refractivity contribution in [1.29, 1.82) is 0 Å². The number of likely N-dealkylation sites (tertiary alicyclic amines) is 1. The van der Waals surface area contributed by atoms with Crippen LogP contribution in [0.25, 0.3) is 0 Å². The molecule has 23 heavy (non-hydrogen) atoms. The van der Waals surface area contributed by atoms with Crippen LogP contribution < -0.4 is 5.32 Å². The number of nitrogens with zero attached hydrogens (tertiary/aromatic N) is 3. The average Bonchev–Trinajstić information content (AvgIpc) is 3.03. The van der Waals surface area contributed by atoms with Gasteiger partial charge < -0.3 is 5.32 Å². The van der Waals surface area contributed by atoms with Gasteiger partial charge in [0.05, 0.1) is 17.8 Å². The summed E-state index contributed by atoms with van der Waals surface area (Å²) in [7, 11) is 0. The van der Waals surface area contributed by atoms with Crippen LogP contribution in [0.15, 0.2) is 42.7 Å². The molecule has 1 saturated heterocycles. The Bertz CT molecular complexity index is 637. The molecule has 1 unspecified atom stereocenters. The first-order valence-electron chi connectivity index (χ1n) is 8.34. The Kier molecular flexibility index (Phi) is 5.08. The van der Waals surface area contributed by atoms with Gasteiger partial charge in [0.2, 0.25) is 5.91 Å². The van der Waals surface area contributed by atoms with E-state index in [1.807, 2.05) is 23.9 Å². The van der Waals surface area contributed by atoms with Gasteiger partial charge in [0.25, 0.3) is 0 Å². The molecular weight excluding hydrogens is 288 g/mol. The third-order valence-corrected chi connectivity index (χ3v) is 4.35. The smallest absolute Gasteiger partial charge is 0.228 e. The molecule has 5 heteroatoms. The van der Waals surface area contributed by atoms with Crippen LogP contribution in [0.2, 0.25) is 0 Å². The lowest BCUT2D eigenvalue weighted by Crippen LogP contribution is -2.40. The van der Waals surface area contributed by atoms with E-state index in [9.17, 15) is 4.79 Å². The molecule has 1 amide bonds. The van der Waals surface area contributed by atoms with Gasteiger partial charge >= 0.3 is 0 Å². The summed E-state index contributed by atoms with van der Waals surface area (Å²) in [6.07, 6.45) is 5.62. The van der Waals surface area contributed by atoms with E-state index in [2.05, 4.69) is 39.6 Å².